The summed E-state index contributed by atoms with van der Waals surface area (Å²) in [6.07, 6.45) is 2.49. The highest BCUT2D eigenvalue weighted by Crippen LogP contribution is 2.11. The molecule has 0 atom stereocenters. The molecule has 25 heavy (non-hydrogen) atoms. The summed E-state index contributed by atoms with van der Waals surface area (Å²) in [5.74, 6) is 0.219. The van der Waals surface area contributed by atoms with Crippen LogP contribution in [-0.2, 0) is 13.0 Å². The van der Waals surface area contributed by atoms with Crippen molar-refractivity contribution >= 4 is 17.6 Å². The van der Waals surface area contributed by atoms with Gasteiger partial charge >= 0.3 is 0 Å². The van der Waals surface area contributed by atoms with E-state index in [4.69, 9.17) is 16.9 Å². The molecular formula is C18H19ClFN5. The predicted octanol–water partition coefficient (Wildman–Crippen LogP) is 3.04. The third kappa shape index (κ3) is 6.05. The molecule has 0 saturated heterocycles. The number of hydrogen-bond acceptors (Lipinski definition) is 3. The molecule has 130 valence electrons. The third-order valence-electron chi connectivity index (χ3n) is 3.42. The van der Waals surface area contributed by atoms with Crippen LogP contribution in [0.1, 0.15) is 23.6 Å². The Morgan fingerprint density at radius 3 is 2.84 bits per heavy atom. The molecule has 2 rings (SSSR count). The van der Waals surface area contributed by atoms with E-state index in [1.54, 1.807) is 12.3 Å². The number of rotatable bonds is 6. The fourth-order valence-electron chi connectivity index (χ4n) is 2.15. The molecule has 0 aliphatic carbocycles. The van der Waals surface area contributed by atoms with Crippen molar-refractivity contribution in [3.63, 3.8) is 0 Å². The van der Waals surface area contributed by atoms with Crippen LogP contribution in [0, 0.1) is 17.1 Å². The zero-order chi connectivity index (χ0) is 18.1. The zero-order valence-corrected chi connectivity index (χ0v) is 14.6. The van der Waals surface area contributed by atoms with Crippen molar-refractivity contribution in [2.24, 2.45) is 4.99 Å². The Balaban J connectivity index is 1.96. The summed E-state index contributed by atoms with van der Waals surface area (Å²) in [5, 5.41) is 15.7. The Labute approximate surface area is 151 Å². The molecule has 1 aromatic heterocycles. The number of aliphatic imine (C=N–C) groups is 1. The molecule has 0 saturated carbocycles. The molecule has 1 heterocycles. The van der Waals surface area contributed by atoms with Gasteiger partial charge in [-0.3, -0.25) is 0 Å². The monoisotopic (exact) mass is 359 g/mol. The molecular weight excluding hydrogens is 341 g/mol. The van der Waals surface area contributed by atoms with Gasteiger partial charge in [0.15, 0.2) is 5.96 Å². The number of pyridine rings is 1. The summed E-state index contributed by atoms with van der Waals surface area (Å²) in [4.78, 5) is 8.41. The van der Waals surface area contributed by atoms with E-state index in [9.17, 15) is 4.39 Å². The van der Waals surface area contributed by atoms with E-state index >= 15 is 0 Å². The lowest BCUT2D eigenvalue weighted by molar-refractivity contribution is 0.610. The van der Waals surface area contributed by atoms with Crippen LogP contribution < -0.4 is 10.6 Å². The quantitative estimate of drug-likeness (QED) is 0.472. The Bertz CT molecular complexity index is 768. The van der Waals surface area contributed by atoms with Crippen molar-refractivity contribution in [1.82, 2.24) is 15.6 Å². The third-order valence-corrected chi connectivity index (χ3v) is 3.64. The highest BCUT2D eigenvalue weighted by molar-refractivity contribution is 6.29. The lowest BCUT2D eigenvalue weighted by Crippen LogP contribution is -2.38. The van der Waals surface area contributed by atoms with Crippen LogP contribution in [-0.4, -0.2) is 24.0 Å². The minimum absolute atomic E-state index is 0.152. The maximum absolute atomic E-state index is 13.8. The van der Waals surface area contributed by atoms with Crippen LogP contribution in [0.3, 0.4) is 0 Å². The average molecular weight is 360 g/mol. The average Bonchev–Trinajstić information content (AvgIpc) is 2.62. The molecule has 7 heteroatoms. The fourth-order valence-corrected chi connectivity index (χ4v) is 2.26. The van der Waals surface area contributed by atoms with Crippen molar-refractivity contribution in [3.8, 4) is 6.07 Å². The van der Waals surface area contributed by atoms with Gasteiger partial charge in [-0.2, -0.15) is 5.26 Å². The maximum atomic E-state index is 13.8. The van der Waals surface area contributed by atoms with Crippen LogP contribution in [0.2, 0.25) is 5.15 Å². The Morgan fingerprint density at radius 1 is 1.32 bits per heavy atom. The number of nitrogens with one attached hydrogen (secondary N) is 2. The predicted molar refractivity (Wildman–Crippen MR) is 96.9 cm³/mol. The van der Waals surface area contributed by atoms with Gasteiger partial charge in [0.2, 0.25) is 0 Å². The molecule has 0 radical (unpaired) electrons. The molecule has 0 amide bonds. The fraction of sp³-hybridized carbons (Fsp3) is 0.278. The largest absolute Gasteiger partial charge is 0.357 e. The number of aromatic nitrogens is 1. The van der Waals surface area contributed by atoms with Crippen LogP contribution in [0.5, 0.6) is 0 Å². The first-order valence-corrected chi connectivity index (χ1v) is 8.31. The van der Waals surface area contributed by atoms with Crippen molar-refractivity contribution in [3.05, 3.63) is 64.2 Å². The van der Waals surface area contributed by atoms with Crippen LogP contribution in [0.4, 0.5) is 4.39 Å². The first-order valence-electron chi connectivity index (χ1n) is 7.93. The van der Waals surface area contributed by atoms with Gasteiger partial charge in [0.05, 0.1) is 18.2 Å². The second-order valence-corrected chi connectivity index (χ2v) is 5.67. The van der Waals surface area contributed by atoms with Gasteiger partial charge < -0.3 is 10.6 Å². The van der Waals surface area contributed by atoms with E-state index in [2.05, 4.69) is 20.6 Å². The van der Waals surface area contributed by atoms with Gasteiger partial charge in [0.25, 0.3) is 0 Å². The maximum Gasteiger partial charge on any atom is 0.191 e. The minimum atomic E-state index is -0.370. The van der Waals surface area contributed by atoms with E-state index in [1.165, 1.54) is 18.2 Å². The van der Waals surface area contributed by atoms with Crippen LogP contribution in [0.15, 0.2) is 41.5 Å². The smallest absolute Gasteiger partial charge is 0.191 e. The van der Waals surface area contributed by atoms with Crippen LogP contribution >= 0.6 is 11.6 Å². The molecule has 0 aliphatic heterocycles. The van der Waals surface area contributed by atoms with E-state index in [-0.39, 0.29) is 12.4 Å². The molecule has 0 fully saturated rings. The second kappa shape index (κ2) is 9.60. The number of guanidine groups is 1. The SMILES string of the molecule is CCNC(=NCc1cc(C#N)ccc1F)NCCc1ccc(Cl)nc1. The lowest BCUT2D eigenvalue weighted by Gasteiger charge is -2.11. The van der Waals surface area contributed by atoms with E-state index in [1.807, 2.05) is 19.1 Å². The Kier molecular flexibility index (Phi) is 7.17. The van der Waals surface area contributed by atoms with E-state index in [0.29, 0.717) is 35.3 Å². The van der Waals surface area contributed by atoms with Gasteiger partial charge in [-0.25, -0.2) is 14.4 Å². The van der Waals surface area contributed by atoms with Gasteiger partial charge in [0.1, 0.15) is 11.0 Å². The lowest BCUT2D eigenvalue weighted by atomic mass is 10.1. The van der Waals surface area contributed by atoms with Crippen molar-refractivity contribution < 1.29 is 4.39 Å². The Morgan fingerprint density at radius 2 is 2.16 bits per heavy atom. The molecule has 2 aromatic rings. The summed E-state index contributed by atoms with van der Waals surface area (Å²) < 4.78 is 13.8. The Hall–Kier alpha value is -2.65. The summed E-state index contributed by atoms with van der Waals surface area (Å²) in [6.45, 7) is 3.45. The molecule has 0 bridgehead atoms. The summed E-state index contributed by atoms with van der Waals surface area (Å²) in [7, 11) is 0. The highest BCUT2D eigenvalue weighted by Gasteiger charge is 2.04. The number of halogens is 2. The van der Waals surface area contributed by atoms with Crippen molar-refractivity contribution in [2.45, 2.75) is 19.9 Å². The van der Waals surface area contributed by atoms with E-state index < -0.39 is 0 Å². The highest BCUT2D eigenvalue weighted by atomic mass is 35.5. The van der Waals surface area contributed by atoms with Crippen LogP contribution in [0.25, 0.3) is 0 Å². The molecule has 0 spiro atoms. The molecule has 5 nitrogen and oxygen atoms in total. The van der Waals surface area contributed by atoms with E-state index in [0.717, 1.165) is 12.0 Å². The standard InChI is InChI=1S/C18H19ClFN5/c1-2-22-18(23-8-7-13-4-6-17(19)24-11-13)25-12-15-9-14(10-21)3-5-16(15)20/h3-6,9,11H,2,7-8,12H2,1H3,(H2,22,23,25). The normalized spacial score (nSPS) is 11.0. The zero-order valence-electron chi connectivity index (χ0n) is 13.9. The first-order chi connectivity index (χ1) is 12.1. The van der Waals surface area contributed by atoms with Gasteiger partial charge in [-0.15, -0.1) is 0 Å². The molecule has 2 N–H and O–H groups in total. The number of nitriles is 1. The van der Waals surface area contributed by atoms with Gasteiger partial charge in [0, 0.05) is 24.8 Å². The van der Waals surface area contributed by atoms with Gasteiger partial charge in [-0.05, 0) is 43.2 Å². The number of benzene rings is 1. The summed E-state index contributed by atoms with van der Waals surface area (Å²) >= 11 is 5.76. The minimum Gasteiger partial charge on any atom is -0.357 e. The summed E-state index contributed by atoms with van der Waals surface area (Å²) in [6, 6.07) is 9.93. The first kappa shape index (κ1) is 18.7. The topological polar surface area (TPSA) is 73.1 Å². The molecule has 0 unspecified atom stereocenters. The molecule has 0 aliphatic rings. The van der Waals surface area contributed by atoms with Crippen molar-refractivity contribution in [1.29, 1.82) is 5.26 Å². The van der Waals surface area contributed by atoms with Crippen molar-refractivity contribution in [2.75, 3.05) is 13.1 Å². The number of hydrogen-bond donors (Lipinski definition) is 2. The summed E-state index contributed by atoms with van der Waals surface area (Å²) in [5.41, 5.74) is 1.86. The number of nitrogens with zero attached hydrogens (tertiary/aromatic N) is 3. The second-order valence-electron chi connectivity index (χ2n) is 5.28. The van der Waals surface area contributed by atoms with Gasteiger partial charge in [-0.1, -0.05) is 17.7 Å². The molecule has 1 aromatic carbocycles.